The van der Waals surface area contributed by atoms with Gasteiger partial charge in [-0.1, -0.05) is 35.4 Å². The number of carbonyl (C=O) groups is 1. The number of hydrogen-bond acceptors (Lipinski definition) is 5. The first-order valence-electron chi connectivity index (χ1n) is 10.9. The molecule has 0 aliphatic heterocycles. The largest absolute Gasteiger partial charge is 1.00 e. The molecule has 5 N–H and O–H groups in total. The van der Waals surface area contributed by atoms with E-state index in [9.17, 15) is 9.90 Å². The van der Waals surface area contributed by atoms with Crippen molar-refractivity contribution in [3.05, 3.63) is 77.2 Å². The van der Waals surface area contributed by atoms with E-state index in [4.69, 9.17) is 11.3 Å². The number of nitrogen functional groups attached to an aromatic ring is 1. The molecule has 0 saturated carbocycles. The van der Waals surface area contributed by atoms with Crippen LogP contribution in [0.25, 0.3) is 43.4 Å². The van der Waals surface area contributed by atoms with Gasteiger partial charge in [-0.15, -0.1) is 0 Å². The van der Waals surface area contributed by atoms with E-state index in [1.54, 1.807) is 11.8 Å². The summed E-state index contributed by atoms with van der Waals surface area (Å²) >= 11 is 1.56. The third kappa shape index (κ3) is 5.78. The average Bonchev–Trinajstić information content (AvgIpc) is 2.84. The number of rotatable bonds is 9. The standard InChI is InChI=1S/C25H24N6O2S.ClH/c26-17-7-9-20-19-10-8-18(29-30-28)14-21(19)24(16-5-2-1-3-6-16)31(23(20)13-17)11-4-12-34-15-22(27)25(32)33;/h1-3,5-10,13-14,22,26H,4,11-12,15,27H2,(H,32,33);1H. The number of nitrogens with two attached hydrogens (primary N) is 1. The topological polar surface area (TPSA) is 146 Å². The van der Waals surface area contributed by atoms with Crippen molar-refractivity contribution in [2.75, 3.05) is 17.2 Å². The summed E-state index contributed by atoms with van der Waals surface area (Å²) in [5.41, 5.74) is 23.1. The summed E-state index contributed by atoms with van der Waals surface area (Å²) in [5, 5.41) is 17.8. The highest BCUT2D eigenvalue weighted by Crippen LogP contribution is 2.34. The summed E-state index contributed by atoms with van der Waals surface area (Å²) in [4.78, 5) is 13.9. The van der Waals surface area contributed by atoms with Crippen LogP contribution in [-0.2, 0) is 11.3 Å². The summed E-state index contributed by atoms with van der Waals surface area (Å²) in [6, 6.07) is 21.0. The highest BCUT2D eigenvalue weighted by molar-refractivity contribution is 7.99. The molecule has 0 aliphatic rings. The molecule has 0 aliphatic carbocycles. The van der Waals surface area contributed by atoms with Gasteiger partial charge >= 0.3 is 0 Å². The van der Waals surface area contributed by atoms with Crippen molar-refractivity contribution in [2.45, 2.75) is 19.0 Å². The number of azide groups is 1. The van der Waals surface area contributed by atoms with Crippen LogP contribution >= 0.6 is 11.8 Å². The molecule has 0 radical (unpaired) electrons. The van der Waals surface area contributed by atoms with Gasteiger partial charge in [0.1, 0.15) is 6.04 Å². The lowest BCUT2D eigenvalue weighted by molar-refractivity contribution is -0.659. The summed E-state index contributed by atoms with van der Waals surface area (Å²) in [6.07, 6.45) is 0.820. The average molecular weight is 509 g/mol. The number of aliphatic carboxylic acids is 1. The van der Waals surface area contributed by atoms with Gasteiger partial charge in [-0.25, -0.2) is 0 Å². The number of aromatic nitrogens is 1. The molecule has 4 rings (SSSR count). The highest BCUT2D eigenvalue weighted by Gasteiger charge is 2.23. The number of quaternary nitrogens is 1. The molecule has 0 spiro atoms. The number of nitrogens with zero attached hydrogens (tertiary/aromatic N) is 4. The van der Waals surface area contributed by atoms with Crippen molar-refractivity contribution >= 4 is 50.8 Å². The minimum atomic E-state index is -1.12. The molecular formula is C25H25ClN6O2S. The Kier molecular flexibility index (Phi) is 8.78. The van der Waals surface area contributed by atoms with E-state index in [0.717, 1.165) is 45.1 Å². The summed E-state index contributed by atoms with van der Waals surface area (Å²) in [5.74, 6) is 0.0701. The number of carbonyl (C=O) groups excluding carboxylic acids is 1. The second-order valence-corrected chi connectivity index (χ2v) is 9.16. The molecule has 0 bridgehead atoms. The Bertz CT molecular complexity index is 1410. The number of carboxylic acid groups (broad SMARTS) is 1. The lowest BCUT2D eigenvalue weighted by Gasteiger charge is -2.13. The van der Waals surface area contributed by atoms with Gasteiger partial charge in [0.05, 0.1) is 22.5 Å². The zero-order chi connectivity index (χ0) is 24.1. The Balaban J connectivity index is 0.00000342. The van der Waals surface area contributed by atoms with E-state index >= 15 is 0 Å². The molecule has 0 fully saturated rings. The van der Waals surface area contributed by atoms with Crippen LogP contribution in [0.4, 0.5) is 11.4 Å². The first kappa shape index (κ1) is 26.1. The monoisotopic (exact) mass is 508 g/mol. The van der Waals surface area contributed by atoms with Crippen molar-refractivity contribution in [2.24, 2.45) is 5.11 Å². The molecule has 4 aromatic rings. The lowest BCUT2D eigenvalue weighted by Crippen LogP contribution is -3.00. The van der Waals surface area contributed by atoms with Crippen molar-refractivity contribution in [1.29, 1.82) is 0 Å². The Morgan fingerprint density at radius 1 is 1.11 bits per heavy atom. The molecule has 8 nitrogen and oxygen atoms in total. The number of thioether (sulfide) groups is 1. The Morgan fingerprint density at radius 3 is 2.57 bits per heavy atom. The normalized spacial score (nSPS) is 11.6. The van der Waals surface area contributed by atoms with Crippen LogP contribution in [0.15, 0.2) is 71.8 Å². The minimum Gasteiger partial charge on any atom is -1.00 e. The van der Waals surface area contributed by atoms with Crippen LogP contribution in [-0.4, -0.2) is 23.5 Å². The van der Waals surface area contributed by atoms with E-state index in [2.05, 4.69) is 32.5 Å². The first-order valence-corrected chi connectivity index (χ1v) is 12.1. The molecule has 180 valence electrons. The van der Waals surface area contributed by atoms with Crippen LogP contribution in [0.2, 0.25) is 0 Å². The number of benzene rings is 3. The Morgan fingerprint density at radius 2 is 1.86 bits per heavy atom. The van der Waals surface area contributed by atoms with Crippen molar-refractivity contribution in [1.82, 2.24) is 0 Å². The van der Waals surface area contributed by atoms with Crippen LogP contribution in [0.3, 0.4) is 0 Å². The summed E-state index contributed by atoms with van der Waals surface area (Å²) in [7, 11) is 0. The molecule has 1 heterocycles. The highest BCUT2D eigenvalue weighted by atomic mass is 35.5. The fourth-order valence-electron chi connectivity index (χ4n) is 4.10. The number of pyridine rings is 1. The van der Waals surface area contributed by atoms with E-state index in [0.29, 0.717) is 23.7 Å². The van der Waals surface area contributed by atoms with Gasteiger partial charge in [0.2, 0.25) is 11.2 Å². The maximum atomic E-state index is 10.9. The number of fused-ring (bicyclic) bond motifs is 3. The number of hydrogen-bond donors (Lipinski definition) is 2. The van der Waals surface area contributed by atoms with E-state index in [1.807, 2.05) is 54.6 Å². The number of carboxylic acids is 1. The minimum absolute atomic E-state index is 0. The van der Waals surface area contributed by atoms with E-state index < -0.39 is 12.0 Å². The maximum absolute atomic E-state index is 10.9. The first-order chi connectivity index (χ1) is 16.5. The molecule has 10 heteroatoms. The number of halogens is 1. The second kappa shape index (κ2) is 11.8. The molecule has 1 unspecified atom stereocenters. The van der Waals surface area contributed by atoms with Gasteiger partial charge in [0.15, 0.2) is 6.54 Å². The van der Waals surface area contributed by atoms with Gasteiger partial charge in [-0.05, 0) is 41.6 Å². The third-order valence-corrected chi connectivity index (χ3v) is 6.88. The lowest BCUT2D eigenvalue weighted by atomic mass is 9.98. The van der Waals surface area contributed by atoms with Gasteiger partial charge < -0.3 is 33.8 Å². The van der Waals surface area contributed by atoms with Gasteiger partial charge in [-0.2, -0.15) is 16.3 Å². The summed E-state index contributed by atoms with van der Waals surface area (Å²) < 4.78 is 2.25. The zero-order valence-electron chi connectivity index (χ0n) is 18.9. The quantitative estimate of drug-likeness (QED) is 0.0620. The van der Waals surface area contributed by atoms with Crippen molar-refractivity contribution in [3.8, 4) is 11.3 Å². The SMILES string of the molecule is [Cl-].[N-]=[N+]=Nc1ccc2c(c1)c(-c1ccccc1)[n+](CCCSCC([NH3+])C(=O)[O-])c1cc(N)ccc21. The Hall–Kier alpha value is -3.49. The van der Waals surface area contributed by atoms with Gasteiger partial charge in [0, 0.05) is 39.7 Å². The van der Waals surface area contributed by atoms with Gasteiger partial charge in [-0.3, -0.25) is 0 Å². The molecule has 1 aromatic heterocycles. The molecule has 0 saturated heterocycles. The fourth-order valence-corrected chi connectivity index (χ4v) is 5.02. The second-order valence-electron chi connectivity index (χ2n) is 8.01. The number of anilines is 1. The molecule has 1 atom stereocenters. The zero-order valence-corrected chi connectivity index (χ0v) is 20.5. The van der Waals surface area contributed by atoms with Crippen molar-refractivity contribution in [3.63, 3.8) is 0 Å². The fraction of sp³-hybridized carbons (Fsp3) is 0.200. The molecule has 3 aromatic carbocycles. The van der Waals surface area contributed by atoms with Crippen LogP contribution in [0.5, 0.6) is 0 Å². The van der Waals surface area contributed by atoms with Gasteiger partial charge in [0.25, 0.3) is 0 Å². The number of aryl methyl sites for hydroxylation is 1. The molecular weight excluding hydrogens is 484 g/mol. The van der Waals surface area contributed by atoms with Crippen LogP contribution < -0.4 is 33.5 Å². The maximum Gasteiger partial charge on any atom is 0.220 e. The van der Waals surface area contributed by atoms with Crippen LogP contribution in [0, 0.1) is 0 Å². The van der Waals surface area contributed by atoms with E-state index in [-0.39, 0.29) is 12.4 Å². The van der Waals surface area contributed by atoms with Crippen molar-refractivity contribution < 1.29 is 32.6 Å². The smallest absolute Gasteiger partial charge is 0.220 e. The van der Waals surface area contributed by atoms with Crippen LogP contribution in [0.1, 0.15) is 6.42 Å². The Labute approximate surface area is 213 Å². The molecule has 35 heavy (non-hydrogen) atoms. The third-order valence-electron chi connectivity index (χ3n) is 5.66. The van der Waals surface area contributed by atoms with E-state index in [1.165, 1.54) is 0 Å². The summed E-state index contributed by atoms with van der Waals surface area (Å²) in [6.45, 7) is 0.700. The predicted molar refractivity (Wildman–Crippen MR) is 134 cm³/mol. The predicted octanol–water partition coefficient (Wildman–Crippen LogP) is -0.0408. The molecule has 0 amide bonds.